The Morgan fingerprint density at radius 2 is 1.04 bits per heavy atom. The molecule has 0 saturated heterocycles. The van der Waals surface area contributed by atoms with Crippen LogP contribution in [0.1, 0.15) is 0 Å². The van der Waals surface area contributed by atoms with E-state index >= 15 is 0 Å². The van der Waals surface area contributed by atoms with Crippen LogP contribution in [-0.2, 0) is 0 Å². The third kappa shape index (κ3) is 1.91. The van der Waals surface area contributed by atoms with Gasteiger partial charge in [0.15, 0.2) is 0 Å². The van der Waals surface area contributed by atoms with Crippen molar-refractivity contribution < 1.29 is 0 Å². The SMILES string of the molecule is c1cc(-n2cnc3ccccc32)nc(-n2cnc3ccccc32)c1. The van der Waals surface area contributed by atoms with Crippen molar-refractivity contribution >= 4 is 22.1 Å². The Morgan fingerprint density at radius 1 is 0.542 bits per heavy atom. The highest BCUT2D eigenvalue weighted by molar-refractivity contribution is 5.78. The Kier molecular flexibility index (Phi) is 2.72. The second kappa shape index (κ2) is 5.03. The maximum atomic E-state index is 4.80. The van der Waals surface area contributed by atoms with Gasteiger partial charge >= 0.3 is 0 Å². The first-order valence-corrected chi connectivity index (χ1v) is 7.72. The van der Waals surface area contributed by atoms with Crippen molar-refractivity contribution in [1.82, 2.24) is 24.1 Å². The molecule has 0 N–H and O–H groups in total. The van der Waals surface area contributed by atoms with Gasteiger partial charge in [-0.1, -0.05) is 30.3 Å². The highest BCUT2D eigenvalue weighted by atomic mass is 15.2. The zero-order valence-corrected chi connectivity index (χ0v) is 12.7. The molecule has 0 saturated carbocycles. The van der Waals surface area contributed by atoms with E-state index in [-0.39, 0.29) is 0 Å². The molecule has 3 aromatic heterocycles. The minimum Gasteiger partial charge on any atom is -0.283 e. The van der Waals surface area contributed by atoms with Gasteiger partial charge in [0.1, 0.15) is 24.3 Å². The van der Waals surface area contributed by atoms with Crippen LogP contribution in [0.25, 0.3) is 33.7 Å². The first kappa shape index (κ1) is 13.0. The lowest BCUT2D eigenvalue weighted by atomic mass is 10.3. The Hall–Kier alpha value is -3.47. The van der Waals surface area contributed by atoms with E-state index in [4.69, 9.17) is 4.98 Å². The zero-order valence-electron chi connectivity index (χ0n) is 12.7. The number of hydrogen-bond donors (Lipinski definition) is 0. The molecule has 0 aliphatic rings. The van der Waals surface area contributed by atoms with Gasteiger partial charge in [0.25, 0.3) is 0 Å². The molecular weight excluding hydrogens is 298 g/mol. The van der Waals surface area contributed by atoms with E-state index in [0.29, 0.717) is 0 Å². The molecule has 5 rings (SSSR count). The van der Waals surface area contributed by atoms with Crippen LogP contribution in [0.4, 0.5) is 0 Å². The molecule has 24 heavy (non-hydrogen) atoms. The summed E-state index contributed by atoms with van der Waals surface area (Å²) in [4.78, 5) is 13.7. The summed E-state index contributed by atoms with van der Waals surface area (Å²) in [6.45, 7) is 0. The molecule has 0 unspecified atom stereocenters. The number of para-hydroxylation sites is 4. The molecule has 114 valence electrons. The summed E-state index contributed by atoms with van der Waals surface area (Å²) >= 11 is 0. The third-order valence-electron chi connectivity index (χ3n) is 4.12. The minimum atomic E-state index is 0.832. The molecular formula is C19H13N5. The number of hydrogen-bond acceptors (Lipinski definition) is 3. The molecule has 0 aliphatic carbocycles. The van der Waals surface area contributed by atoms with Gasteiger partial charge in [0.2, 0.25) is 0 Å². The number of rotatable bonds is 2. The minimum absolute atomic E-state index is 0.832. The molecule has 0 fully saturated rings. The predicted octanol–water partition coefficient (Wildman–Crippen LogP) is 3.76. The monoisotopic (exact) mass is 311 g/mol. The Labute approximate surface area is 137 Å². The van der Waals surface area contributed by atoms with Crippen LogP contribution >= 0.6 is 0 Å². The third-order valence-corrected chi connectivity index (χ3v) is 4.12. The molecule has 0 radical (unpaired) electrons. The second-order valence-electron chi connectivity index (χ2n) is 5.56. The molecule has 0 bridgehead atoms. The molecule has 0 atom stereocenters. The summed E-state index contributed by atoms with van der Waals surface area (Å²) in [6.07, 6.45) is 3.62. The Morgan fingerprint density at radius 3 is 1.58 bits per heavy atom. The van der Waals surface area contributed by atoms with E-state index in [9.17, 15) is 0 Å². The average molecular weight is 311 g/mol. The average Bonchev–Trinajstić information content (AvgIpc) is 3.26. The lowest BCUT2D eigenvalue weighted by molar-refractivity contribution is 0.962. The fourth-order valence-electron chi connectivity index (χ4n) is 2.96. The summed E-state index contributed by atoms with van der Waals surface area (Å²) in [6, 6.07) is 22.0. The van der Waals surface area contributed by atoms with Crippen LogP contribution in [0.5, 0.6) is 0 Å². The Balaban J connectivity index is 1.69. The van der Waals surface area contributed by atoms with Crippen molar-refractivity contribution in [1.29, 1.82) is 0 Å². The summed E-state index contributed by atoms with van der Waals surface area (Å²) in [7, 11) is 0. The van der Waals surface area contributed by atoms with E-state index in [1.165, 1.54) is 0 Å². The van der Waals surface area contributed by atoms with Gasteiger partial charge in [-0.2, -0.15) is 0 Å². The van der Waals surface area contributed by atoms with Crippen LogP contribution in [0.2, 0.25) is 0 Å². The van der Waals surface area contributed by atoms with Crippen molar-refractivity contribution in [3.05, 3.63) is 79.4 Å². The van der Waals surface area contributed by atoms with Gasteiger partial charge < -0.3 is 0 Å². The summed E-state index contributed by atoms with van der Waals surface area (Å²) < 4.78 is 4.00. The van der Waals surface area contributed by atoms with Crippen molar-refractivity contribution in [2.75, 3.05) is 0 Å². The van der Waals surface area contributed by atoms with Crippen molar-refractivity contribution in [2.45, 2.75) is 0 Å². The first-order chi connectivity index (χ1) is 11.9. The fraction of sp³-hybridized carbons (Fsp3) is 0. The molecule has 5 nitrogen and oxygen atoms in total. The van der Waals surface area contributed by atoms with Crippen molar-refractivity contribution in [3.8, 4) is 11.6 Å². The molecule has 0 amide bonds. The van der Waals surface area contributed by atoms with Gasteiger partial charge in [-0.15, -0.1) is 0 Å². The number of fused-ring (bicyclic) bond motifs is 2. The summed E-state index contributed by atoms with van der Waals surface area (Å²) in [5.74, 6) is 1.66. The maximum Gasteiger partial charge on any atom is 0.140 e. The second-order valence-corrected chi connectivity index (χ2v) is 5.56. The van der Waals surface area contributed by atoms with Gasteiger partial charge in [-0.05, 0) is 36.4 Å². The molecule has 0 spiro atoms. The van der Waals surface area contributed by atoms with E-state index in [1.807, 2.05) is 88.5 Å². The number of nitrogens with zero attached hydrogens (tertiary/aromatic N) is 5. The van der Waals surface area contributed by atoms with Crippen LogP contribution in [0.15, 0.2) is 79.4 Å². The first-order valence-electron chi connectivity index (χ1n) is 7.72. The van der Waals surface area contributed by atoms with Crippen molar-refractivity contribution in [3.63, 3.8) is 0 Å². The molecule has 5 heteroatoms. The lowest BCUT2D eigenvalue weighted by Gasteiger charge is -2.07. The van der Waals surface area contributed by atoms with Crippen LogP contribution in [0.3, 0.4) is 0 Å². The standard InChI is InChI=1S/C19H13N5/c1-3-8-16-14(6-1)20-12-23(16)18-10-5-11-19(22-18)24-13-21-15-7-2-4-9-17(15)24/h1-13H. The topological polar surface area (TPSA) is 48.5 Å². The highest BCUT2D eigenvalue weighted by Crippen LogP contribution is 2.20. The van der Waals surface area contributed by atoms with Crippen LogP contribution in [0, 0.1) is 0 Å². The van der Waals surface area contributed by atoms with Gasteiger partial charge in [-0.25, -0.2) is 15.0 Å². The molecule has 2 aromatic carbocycles. The van der Waals surface area contributed by atoms with E-state index in [1.54, 1.807) is 0 Å². The Bertz CT molecular complexity index is 1080. The number of imidazole rings is 2. The largest absolute Gasteiger partial charge is 0.283 e. The fourth-order valence-corrected chi connectivity index (χ4v) is 2.96. The van der Waals surface area contributed by atoms with Crippen LogP contribution in [-0.4, -0.2) is 24.1 Å². The van der Waals surface area contributed by atoms with Gasteiger partial charge in [-0.3, -0.25) is 9.13 Å². The lowest BCUT2D eigenvalue weighted by Crippen LogP contribution is -2.01. The zero-order chi connectivity index (χ0) is 15.9. The maximum absolute atomic E-state index is 4.80. The number of aromatic nitrogens is 5. The smallest absolute Gasteiger partial charge is 0.140 e. The predicted molar refractivity (Wildman–Crippen MR) is 93.5 cm³/mol. The molecule has 0 aliphatic heterocycles. The van der Waals surface area contributed by atoms with Gasteiger partial charge in [0.05, 0.1) is 22.1 Å². The number of pyridine rings is 1. The summed E-state index contributed by atoms with van der Waals surface area (Å²) in [5, 5.41) is 0. The quantitative estimate of drug-likeness (QED) is 0.499. The molecule has 5 aromatic rings. The van der Waals surface area contributed by atoms with Gasteiger partial charge in [0, 0.05) is 0 Å². The molecule has 3 heterocycles. The number of benzene rings is 2. The van der Waals surface area contributed by atoms with Crippen molar-refractivity contribution in [2.24, 2.45) is 0 Å². The van der Waals surface area contributed by atoms with E-state index in [2.05, 4.69) is 9.97 Å². The van der Waals surface area contributed by atoms with Crippen LogP contribution < -0.4 is 0 Å². The highest BCUT2D eigenvalue weighted by Gasteiger charge is 2.08. The van der Waals surface area contributed by atoms with E-state index < -0.39 is 0 Å². The van der Waals surface area contributed by atoms with E-state index in [0.717, 1.165) is 33.7 Å². The normalized spacial score (nSPS) is 11.3. The summed E-state index contributed by atoms with van der Waals surface area (Å²) in [5.41, 5.74) is 3.99.